The Labute approximate surface area is 137 Å². The molecule has 3 heteroatoms. The van der Waals surface area contributed by atoms with E-state index in [0.29, 0.717) is 6.54 Å². The van der Waals surface area contributed by atoms with Crippen LogP contribution in [0.3, 0.4) is 0 Å². The van der Waals surface area contributed by atoms with Crippen molar-refractivity contribution >= 4 is 17.3 Å². The summed E-state index contributed by atoms with van der Waals surface area (Å²) < 4.78 is 0. The Hall–Kier alpha value is -2.68. The number of carbonyl (C=O) groups excluding carboxylic acids is 2. The lowest BCUT2D eigenvalue weighted by atomic mass is 10.1. The van der Waals surface area contributed by atoms with Crippen LogP contribution in [0.2, 0.25) is 0 Å². The second kappa shape index (κ2) is 8.08. The zero-order chi connectivity index (χ0) is 16.7. The Morgan fingerprint density at radius 3 is 2.04 bits per heavy atom. The minimum Gasteiger partial charge on any atom is -0.314 e. The molecule has 0 N–H and O–H groups in total. The van der Waals surface area contributed by atoms with Gasteiger partial charge >= 0.3 is 0 Å². The van der Waals surface area contributed by atoms with Crippen LogP contribution in [-0.2, 0) is 16.1 Å². The van der Waals surface area contributed by atoms with Crippen LogP contribution in [0, 0.1) is 0 Å². The van der Waals surface area contributed by atoms with Gasteiger partial charge in [-0.05, 0) is 30.5 Å². The maximum atomic E-state index is 12.4. The van der Waals surface area contributed by atoms with Crippen LogP contribution in [-0.4, -0.2) is 16.6 Å². The molecule has 0 spiro atoms. The first-order chi connectivity index (χ1) is 11.1. The van der Waals surface area contributed by atoms with Crippen molar-refractivity contribution in [3.63, 3.8) is 0 Å². The second-order valence-corrected chi connectivity index (χ2v) is 5.56. The van der Waals surface area contributed by atoms with Crippen LogP contribution >= 0.6 is 0 Å². The minimum absolute atomic E-state index is 0.0780. The van der Waals surface area contributed by atoms with Crippen LogP contribution in [0.25, 0.3) is 5.57 Å². The first-order valence-electron chi connectivity index (χ1n) is 7.63. The number of benzene rings is 2. The van der Waals surface area contributed by atoms with Gasteiger partial charge in [-0.25, -0.2) is 0 Å². The number of allylic oxidation sites excluding steroid dienone is 1. The van der Waals surface area contributed by atoms with Crippen LogP contribution in [0.15, 0.2) is 66.9 Å². The van der Waals surface area contributed by atoms with E-state index in [0.717, 1.165) is 16.7 Å². The van der Waals surface area contributed by atoms with Gasteiger partial charge in [0.25, 0.3) is 0 Å². The lowest BCUT2D eigenvalue weighted by Crippen LogP contribution is -2.27. The minimum atomic E-state index is -0.184. The molecule has 0 aliphatic carbocycles. The van der Waals surface area contributed by atoms with Gasteiger partial charge in [-0.1, -0.05) is 60.7 Å². The Balaban J connectivity index is 2.25. The van der Waals surface area contributed by atoms with E-state index >= 15 is 0 Å². The van der Waals surface area contributed by atoms with Gasteiger partial charge in [0.15, 0.2) is 0 Å². The number of hydrogen-bond acceptors (Lipinski definition) is 2. The predicted molar refractivity (Wildman–Crippen MR) is 92.4 cm³/mol. The summed E-state index contributed by atoms with van der Waals surface area (Å²) in [5, 5.41) is 0. The van der Waals surface area contributed by atoms with Crippen molar-refractivity contribution in [1.29, 1.82) is 0 Å². The van der Waals surface area contributed by atoms with Crippen molar-refractivity contribution in [2.45, 2.75) is 26.8 Å². The summed E-state index contributed by atoms with van der Waals surface area (Å²) in [7, 11) is 0. The summed E-state index contributed by atoms with van der Waals surface area (Å²) in [5.41, 5.74) is 3.07. The summed E-state index contributed by atoms with van der Waals surface area (Å²) in [6.45, 7) is 3.86. The van der Waals surface area contributed by atoms with E-state index in [1.807, 2.05) is 73.8 Å². The zero-order valence-electron chi connectivity index (χ0n) is 13.5. The van der Waals surface area contributed by atoms with Gasteiger partial charge in [0.05, 0.1) is 13.0 Å². The van der Waals surface area contributed by atoms with E-state index in [4.69, 9.17) is 0 Å². The number of nitrogens with zero attached hydrogens (tertiary/aromatic N) is 1. The highest BCUT2D eigenvalue weighted by molar-refractivity contribution is 5.97. The number of rotatable bonds is 6. The fourth-order valence-corrected chi connectivity index (χ4v) is 2.31. The molecule has 0 aliphatic rings. The van der Waals surface area contributed by atoms with Crippen LogP contribution in [0.1, 0.15) is 31.4 Å². The maximum absolute atomic E-state index is 12.4. The van der Waals surface area contributed by atoms with Crippen molar-refractivity contribution < 1.29 is 9.59 Å². The third-order valence-electron chi connectivity index (χ3n) is 3.49. The smallest absolute Gasteiger partial charge is 0.234 e. The lowest BCUT2D eigenvalue weighted by molar-refractivity contribution is -0.133. The second-order valence-electron chi connectivity index (χ2n) is 5.56. The fraction of sp³-hybridized carbons (Fsp3) is 0.200. The summed E-state index contributed by atoms with van der Waals surface area (Å²) in [6.07, 6.45) is 1.75. The van der Waals surface area contributed by atoms with Gasteiger partial charge in [0.2, 0.25) is 5.91 Å². The average Bonchev–Trinajstić information content (AvgIpc) is 2.55. The normalized spacial score (nSPS) is 11.1. The first kappa shape index (κ1) is 16.7. The molecule has 0 atom stereocenters. The molecule has 118 valence electrons. The third-order valence-corrected chi connectivity index (χ3v) is 3.49. The largest absolute Gasteiger partial charge is 0.314 e. The highest BCUT2D eigenvalue weighted by Gasteiger charge is 2.14. The molecule has 0 fully saturated rings. The fourth-order valence-electron chi connectivity index (χ4n) is 2.31. The van der Waals surface area contributed by atoms with Crippen molar-refractivity contribution in [3.8, 4) is 0 Å². The van der Waals surface area contributed by atoms with E-state index in [9.17, 15) is 9.59 Å². The molecule has 0 saturated heterocycles. The highest BCUT2D eigenvalue weighted by atomic mass is 16.2. The molecule has 2 rings (SSSR count). The van der Waals surface area contributed by atoms with Gasteiger partial charge in [0.1, 0.15) is 5.78 Å². The summed E-state index contributed by atoms with van der Waals surface area (Å²) >= 11 is 0. The summed E-state index contributed by atoms with van der Waals surface area (Å²) in [5.74, 6) is -0.310. The number of carbonyl (C=O) groups is 2. The number of Topliss-reactive ketones (excluding diaryl/α,β-unsaturated/α-hetero) is 1. The lowest BCUT2D eigenvalue weighted by Gasteiger charge is -2.20. The molecule has 0 aromatic heterocycles. The molecule has 2 aromatic carbocycles. The van der Waals surface area contributed by atoms with E-state index < -0.39 is 0 Å². The standard InChI is InChI=1S/C20H21NO2/c1-16(19-11-7-4-8-12-19)14-21(20(23)13-17(2)22)15-18-9-5-3-6-10-18/h3-12,14H,13,15H2,1-2H3/b16-14-. The topological polar surface area (TPSA) is 37.4 Å². The van der Waals surface area contributed by atoms with Gasteiger partial charge in [-0.15, -0.1) is 0 Å². The average molecular weight is 307 g/mol. The SMILES string of the molecule is CC(=O)CC(=O)N(/C=C(/C)c1ccccc1)Cc1ccccc1. The molecule has 23 heavy (non-hydrogen) atoms. The van der Waals surface area contributed by atoms with Gasteiger partial charge in [0, 0.05) is 6.20 Å². The zero-order valence-corrected chi connectivity index (χ0v) is 13.5. The molecular weight excluding hydrogens is 286 g/mol. The summed E-state index contributed by atoms with van der Waals surface area (Å²) in [6, 6.07) is 19.7. The van der Waals surface area contributed by atoms with E-state index in [2.05, 4.69) is 0 Å². The van der Waals surface area contributed by atoms with Crippen molar-refractivity contribution in [1.82, 2.24) is 4.90 Å². The van der Waals surface area contributed by atoms with E-state index in [1.165, 1.54) is 6.92 Å². The highest BCUT2D eigenvalue weighted by Crippen LogP contribution is 2.16. The van der Waals surface area contributed by atoms with Gasteiger partial charge in [-0.3, -0.25) is 9.59 Å². The third kappa shape index (κ3) is 5.22. The molecule has 0 unspecified atom stereocenters. The Morgan fingerprint density at radius 2 is 1.48 bits per heavy atom. The van der Waals surface area contributed by atoms with E-state index in [-0.39, 0.29) is 18.1 Å². The predicted octanol–water partition coefficient (Wildman–Crippen LogP) is 4.06. The molecule has 0 radical (unpaired) electrons. The van der Waals surface area contributed by atoms with Gasteiger partial charge in [-0.2, -0.15) is 0 Å². The van der Waals surface area contributed by atoms with Crippen molar-refractivity contribution in [3.05, 3.63) is 78.0 Å². The van der Waals surface area contributed by atoms with Crippen molar-refractivity contribution in [2.75, 3.05) is 0 Å². The van der Waals surface area contributed by atoms with Crippen molar-refractivity contribution in [2.24, 2.45) is 0 Å². The Kier molecular flexibility index (Phi) is 5.87. The Bertz CT molecular complexity index is 690. The number of hydrogen-bond donors (Lipinski definition) is 0. The molecule has 0 heterocycles. The van der Waals surface area contributed by atoms with Crippen LogP contribution in [0.4, 0.5) is 0 Å². The molecule has 1 amide bonds. The van der Waals surface area contributed by atoms with E-state index in [1.54, 1.807) is 4.90 Å². The molecule has 2 aromatic rings. The molecular formula is C20H21NO2. The quantitative estimate of drug-likeness (QED) is 0.755. The molecule has 0 bridgehead atoms. The number of ketones is 1. The monoisotopic (exact) mass is 307 g/mol. The van der Waals surface area contributed by atoms with Gasteiger partial charge < -0.3 is 4.90 Å². The Morgan fingerprint density at radius 1 is 0.913 bits per heavy atom. The first-order valence-corrected chi connectivity index (χ1v) is 7.63. The van der Waals surface area contributed by atoms with Crippen LogP contribution in [0.5, 0.6) is 0 Å². The molecule has 3 nitrogen and oxygen atoms in total. The maximum Gasteiger partial charge on any atom is 0.234 e. The van der Waals surface area contributed by atoms with Crippen LogP contribution < -0.4 is 0 Å². The molecule has 0 saturated carbocycles. The number of amides is 1. The molecule has 0 aliphatic heterocycles. The summed E-state index contributed by atoms with van der Waals surface area (Å²) in [4.78, 5) is 25.3.